The molecule has 1 aromatic rings. The summed E-state index contributed by atoms with van der Waals surface area (Å²) in [5, 5.41) is 19.6. The number of hydrogen-bond donors (Lipinski definition) is 1. The zero-order valence-corrected chi connectivity index (χ0v) is 11.9. The van der Waals surface area contributed by atoms with Crippen molar-refractivity contribution >= 4 is 23.4 Å². The molecule has 0 heterocycles. The van der Waals surface area contributed by atoms with E-state index in [1.807, 2.05) is 6.92 Å². The van der Waals surface area contributed by atoms with Crippen LogP contribution in [-0.4, -0.2) is 29.1 Å². The molecule has 0 unspecified atom stereocenters. The van der Waals surface area contributed by atoms with E-state index < -0.39 is 10.9 Å². The number of carboxylic acid groups (broad SMARTS) is 1. The predicted octanol–water partition coefficient (Wildman–Crippen LogP) is 2.93. The fourth-order valence-corrected chi connectivity index (χ4v) is 2.25. The van der Waals surface area contributed by atoms with Crippen LogP contribution in [0.25, 0.3) is 6.08 Å². The number of hydrogen-bond acceptors (Lipinski definition) is 4. The number of anilines is 1. The molecule has 0 atom stereocenters. The van der Waals surface area contributed by atoms with E-state index in [1.54, 1.807) is 6.07 Å². The van der Waals surface area contributed by atoms with Gasteiger partial charge in [-0.2, -0.15) is 0 Å². The smallest absolute Gasteiger partial charge is 0.328 e. The number of aliphatic carboxylic acids is 1. The van der Waals surface area contributed by atoms with E-state index in [4.69, 9.17) is 5.11 Å². The fourth-order valence-electron chi connectivity index (χ4n) is 2.25. The Morgan fingerprint density at radius 3 is 2.76 bits per heavy atom. The molecule has 1 fully saturated rings. The minimum absolute atomic E-state index is 0.0359. The molecule has 1 aromatic carbocycles. The summed E-state index contributed by atoms with van der Waals surface area (Å²) in [6.45, 7) is 3.71. The first kappa shape index (κ1) is 15.0. The number of non-ortho nitro benzene ring substituents is 1. The number of nitro groups is 1. The molecule has 0 aliphatic heterocycles. The summed E-state index contributed by atoms with van der Waals surface area (Å²) in [5.74, 6) is -0.394. The third-order valence-corrected chi connectivity index (χ3v) is 3.53. The van der Waals surface area contributed by atoms with Crippen LogP contribution in [0.1, 0.15) is 25.3 Å². The maximum Gasteiger partial charge on any atom is 0.328 e. The Hall–Kier alpha value is -2.37. The van der Waals surface area contributed by atoms with Crippen LogP contribution in [-0.2, 0) is 4.79 Å². The van der Waals surface area contributed by atoms with Crippen molar-refractivity contribution < 1.29 is 14.8 Å². The van der Waals surface area contributed by atoms with Gasteiger partial charge in [0.1, 0.15) is 0 Å². The molecule has 0 amide bonds. The van der Waals surface area contributed by atoms with Gasteiger partial charge in [0, 0.05) is 42.5 Å². The van der Waals surface area contributed by atoms with Gasteiger partial charge in [-0.1, -0.05) is 0 Å². The van der Waals surface area contributed by atoms with Gasteiger partial charge in [-0.15, -0.1) is 0 Å². The Morgan fingerprint density at radius 1 is 1.52 bits per heavy atom. The molecule has 6 heteroatoms. The molecule has 0 spiro atoms. The topological polar surface area (TPSA) is 83.7 Å². The quantitative estimate of drug-likeness (QED) is 0.474. The minimum atomic E-state index is -1.07. The minimum Gasteiger partial charge on any atom is -0.478 e. The molecule has 0 radical (unpaired) electrons. The fraction of sp³-hybridized carbons (Fsp3) is 0.400. The van der Waals surface area contributed by atoms with E-state index in [1.165, 1.54) is 31.1 Å². The van der Waals surface area contributed by atoms with Gasteiger partial charge < -0.3 is 10.0 Å². The lowest BCUT2D eigenvalue weighted by atomic mass is 10.1. The van der Waals surface area contributed by atoms with Gasteiger partial charge in [0.2, 0.25) is 0 Å². The monoisotopic (exact) mass is 290 g/mol. The van der Waals surface area contributed by atoms with E-state index >= 15 is 0 Å². The highest BCUT2D eigenvalue weighted by molar-refractivity contribution is 5.87. The van der Waals surface area contributed by atoms with Crippen LogP contribution in [0.4, 0.5) is 11.4 Å². The Kier molecular flexibility index (Phi) is 4.57. The molecule has 1 aliphatic carbocycles. The molecule has 1 N–H and O–H groups in total. The molecule has 6 nitrogen and oxygen atoms in total. The van der Waals surface area contributed by atoms with Gasteiger partial charge >= 0.3 is 5.97 Å². The molecule has 1 aliphatic rings. The van der Waals surface area contributed by atoms with Gasteiger partial charge in [-0.3, -0.25) is 10.1 Å². The van der Waals surface area contributed by atoms with Crippen molar-refractivity contribution in [2.24, 2.45) is 5.92 Å². The zero-order valence-electron chi connectivity index (χ0n) is 11.9. The van der Waals surface area contributed by atoms with Crippen LogP contribution < -0.4 is 4.90 Å². The molecule has 2 rings (SSSR count). The first-order chi connectivity index (χ1) is 10.0. The molecule has 21 heavy (non-hydrogen) atoms. The van der Waals surface area contributed by atoms with Crippen LogP contribution in [0.3, 0.4) is 0 Å². The maximum atomic E-state index is 10.9. The second-order valence-electron chi connectivity index (χ2n) is 5.15. The van der Waals surface area contributed by atoms with Crippen LogP contribution in [0.2, 0.25) is 0 Å². The largest absolute Gasteiger partial charge is 0.478 e. The van der Waals surface area contributed by atoms with E-state index in [0.717, 1.165) is 24.9 Å². The van der Waals surface area contributed by atoms with Gasteiger partial charge in [-0.25, -0.2) is 4.79 Å². The molecule has 1 saturated carbocycles. The summed E-state index contributed by atoms with van der Waals surface area (Å²) < 4.78 is 0. The highest BCUT2D eigenvalue weighted by Gasteiger charge is 2.25. The van der Waals surface area contributed by atoms with Crippen molar-refractivity contribution in [3.8, 4) is 0 Å². The SMILES string of the molecule is CCN(CC1CC1)c1ccc([N+](=O)[O-])cc1C=CC(=O)O. The van der Waals surface area contributed by atoms with E-state index in [2.05, 4.69) is 4.90 Å². The van der Waals surface area contributed by atoms with Crippen molar-refractivity contribution in [1.29, 1.82) is 0 Å². The number of nitro benzene ring substituents is 1. The number of nitrogens with zero attached hydrogens (tertiary/aromatic N) is 2. The summed E-state index contributed by atoms with van der Waals surface area (Å²) >= 11 is 0. The molecule has 0 saturated heterocycles. The lowest BCUT2D eigenvalue weighted by molar-refractivity contribution is -0.384. The van der Waals surface area contributed by atoms with Crippen LogP contribution in [0, 0.1) is 16.0 Å². The van der Waals surface area contributed by atoms with Crippen molar-refractivity contribution in [1.82, 2.24) is 0 Å². The molecule has 0 aromatic heterocycles. The highest BCUT2D eigenvalue weighted by Crippen LogP contribution is 2.33. The lowest BCUT2D eigenvalue weighted by Crippen LogP contribution is -2.25. The molecular weight excluding hydrogens is 272 g/mol. The summed E-state index contributed by atoms with van der Waals surface area (Å²) in [5.41, 5.74) is 1.37. The van der Waals surface area contributed by atoms with E-state index in [0.29, 0.717) is 11.5 Å². The summed E-state index contributed by atoms with van der Waals surface area (Å²) in [4.78, 5) is 23.2. The van der Waals surface area contributed by atoms with Crippen LogP contribution in [0.5, 0.6) is 0 Å². The Bertz CT molecular complexity index is 579. The Morgan fingerprint density at radius 2 is 2.24 bits per heavy atom. The lowest BCUT2D eigenvalue weighted by Gasteiger charge is -2.24. The average molecular weight is 290 g/mol. The van der Waals surface area contributed by atoms with Crippen LogP contribution in [0.15, 0.2) is 24.3 Å². The summed E-state index contributed by atoms with van der Waals surface area (Å²) in [6, 6.07) is 4.58. The zero-order chi connectivity index (χ0) is 15.4. The van der Waals surface area contributed by atoms with Crippen molar-refractivity contribution in [3.05, 3.63) is 40.0 Å². The van der Waals surface area contributed by atoms with Crippen molar-refractivity contribution in [2.75, 3.05) is 18.0 Å². The standard InChI is InChI=1S/C15H18N2O4/c1-2-16(10-11-3-4-11)14-7-6-13(17(20)21)9-12(14)5-8-15(18)19/h5-9,11H,2-4,10H2,1H3,(H,18,19). The van der Waals surface area contributed by atoms with E-state index in [-0.39, 0.29) is 5.69 Å². The van der Waals surface area contributed by atoms with Gasteiger partial charge in [-0.05, 0) is 37.8 Å². The average Bonchev–Trinajstić information content (AvgIpc) is 3.26. The first-order valence-corrected chi connectivity index (χ1v) is 6.95. The molecule has 112 valence electrons. The van der Waals surface area contributed by atoms with Crippen molar-refractivity contribution in [2.45, 2.75) is 19.8 Å². The van der Waals surface area contributed by atoms with Gasteiger partial charge in [0.25, 0.3) is 5.69 Å². The normalized spacial score (nSPS) is 14.3. The predicted molar refractivity (Wildman–Crippen MR) is 80.4 cm³/mol. The third kappa shape index (κ3) is 4.05. The second-order valence-corrected chi connectivity index (χ2v) is 5.15. The Balaban J connectivity index is 2.36. The third-order valence-electron chi connectivity index (χ3n) is 3.53. The molecular formula is C15H18N2O4. The molecule has 0 bridgehead atoms. The van der Waals surface area contributed by atoms with Gasteiger partial charge in [0.15, 0.2) is 0 Å². The van der Waals surface area contributed by atoms with Crippen molar-refractivity contribution in [3.63, 3.8) is 0 Å². The maximum absolute atomic E-state index is 10.9. The number of benzene rings is 1. The summed E-state index contributed by atoms with van der Waals surface area (Å²) in [7, 11) is 0. The summed E-state index contributed by atoms with van der Waals surface area (Å²) in [6.07, 6.45) is 4.85. The first-order valence-electron chi connectivity index (χ1n) is 6.95. The number of carbonyl (C=O) groups is 1. The van der Waals surface area contributed by atoms with Gasteiger partial charge in [0.05, 0.1) is 4.92 Å². The number of carboxylic acids is 1. The Labute approximate surface area is 122 Å². The van der Waals surface area contributed by atoms with Crippen LogP contribution >= 0.6 is 0 Å². The van der Waals surface area contributed by atoms with E-state index in [9.17, 15) is 14.9 Å². The number of rotatable bonds is 7. The second kappa shape index (κ2) is 6.39. The highest BCUT2D eigenvalue weighted by atomic mass is 16.6.